The number of hydrogen-bond acceptors (Lipinski definition) is 12. The summed E-state index contributed by atoms with van der Waals surface area (Å²) in [5.41, 5.74) is -10.5. The SMILES string of the molecule is COC(=O)[C@H](O)[C@@H]1[C@@]2(C)[C@H]3CC[C@@]4(C)[C@H](c5ccoc5)OC(=O)C[C@]4(O)[C@@]3(O)[C@@H](O)[C@H]3C(=O)[C@@]1(C)C[C@]32OC(C)=O. The summed E-state index contributed by atoms with van der Waals surface area (Å²) in [5, 5.41) is 49.0. The average molecular weight is 577 g/mol. The van der Waals surface area contributed by atoms with Gasteiger partial charge in [-0.05, 0) is 18.9 Å². The lowest BCUT2D eigenvalue weighted by Crippen LogP contribution is -2.86. The van der Waals surface area contributed by atoms with E-state index in [2.05, 4.69) is 0 Å². The Hall–Kier alpha value is -2.80. The quantitative estimate of drug-likeness (QED) is 0.289. The normalized spacial score (nSPS) is 50.4. The number of ether oxygens (including phenoxy) is 3. The summed E-state index contributed by atoms with van der Waals surface area (Å²) in [6.45, 7) is 5.99. The average Bonchev–Trinajstić information content (AvgIpc) is 3.54. The highest BCUT2D eigenvalue weighted by molar-refractivity contribution is 5.96. The van der Waals surface area contributed by atoms with Crippen molar-refractivity contribution in [2.45, 2.75) is 88.5 Å². The van der Waals surface area contributed by atoms with Crippen LogP contribution in [0.15, 0.2) is 23.0 Å². The minimum Gasteiger partial charge on any atom is -0.472 e. The zero-order valence-corrected chi connectivity index (χ0v) is 23.6. The molecular formula is C29H36O12. The van der Waals surface area contributed by atoms with Crippen molar-refractivity contribution in [1.82, 2.24) is 0 Å². The molecule has 0 spiro atoms. The van der Waals surface area contributed by atoms with Gasteiger partial charge >= 0.3 is 17.9 Å². The summed E-state index contributed by atoms with van der Waals surface area (Å²) in [4.78, 5) is 52.7. The van der Waals surface area contributed by atoms with Crippen molar-refractivity contribution in [2.24, 2.45) is 34.0 Å². The second-order valence-electron chi connectivity index (χ2n) is 13.4. The van der Waals surface area contributed by atoms with E-state index < -0.39 is 99.2 Å². The maximum absolute atomic E-state index is 14.2. The molecule has 41 heavy (non-hydrogen) atoms. The van der Waals surface area contributed by atoms with Gasteiger partial charge in [0.25, 0.3) is 0 Å². The third-order valence-corrected chi connectivity index (χ3v) is 12.0. The number of ketones is 1. The Morgan fingerprint density at radius 2 is 1.85 bits per heavy atom. The van der Waals surface area contributed by atoms with Crippen LogP contribution in [0, 0.1) is 34.0 Å². The van der Waals surface area contributed by atoms with Gasteiger partial charge < -0.3 is 39.1 Å². The van der Waals surface area contributed by atoms with Crippen LogP contribution in [0.25, 0.3) is 0 Å². The minimum atomic E-state index is -2.53. The number of Topliss-reactive ketones (excluding diaryl/α,β-unsaturated/α-hetero) is 1. The highest BCUT2D eigenvalue weighted by Gasteiger charge is 2.91. The molecule has 1 saturated heterocycles. The predicted octanol–water partition coefficient (Wildman–Crippen LogP) is 0.588. The van der Waals surface area contributed by atoms with Crippen LogP contribution in [-0.2, 0) is 33.4 Å². The Labute approximate surface area is 235 Å². The van der Waals surface area contributed by atoms with Crippen molar-refractivity contribution >= 4 is 23.7 Å². The minimum absolute atomic E-state index is 0.0964. The number of methoxy groups -OCH3 is 1. The lowest BCUT2D eigenvalue weighted by atomic mass is 9.35. The lowest BCUT2D eigenvalue weighted by Gasteiger charge is -2.73. The van der Waals surface area contributed by atoms with Gasteiger partial charge in [0.15, 0.2) is 6.10 Å². The maximum atomic E-state index is 14.2. The molecule has 1 aromatic rings. The summed E-state index contributed by atoms with van der Waals surface area (Å²) < 4.78 is 21.7. The van der Waals surface area contributed by atoms with Crippen molar-refractivity contribution in [2.75, 3.05) is 7.11 Å². The number of carbonyl (C=O) groups is 4. The molecule has 5 fully saturated rings. The molecule has 1 aliphatic heterocycles. The van der Waals surface area contributed by atoms with Crippen molar-refractivity contribution in [3.05, 3.63) is 24.2 Å². The molecule has 12 nitrogen and oxygen atoms in total. The summed E-state index contributed by atoms with van der Waals surface area (Å²) >= 11 is 0. The smallest absolute Gasteiger partial charge is 0.335 e. The molecule has 4 N–H and O–H groups in total. The number of cyclic esters (lactones) is 1. The number of furan rings is 1. The molecule has 4 aliphatic carbocycles. The molecule has 2 bridgehead atoms. The van der Waals surface area contributed by atoms with Crippen LogP contribution in [-0.4, -0.2) is 80.2 Å². The van der Waals surface area contributed by atoms with Gasteiger partial charge in [0.1, 0.15) is 28.7 Å². The monoisotopic (exact) mass is 576 g/mol. The zero-order chi connectivity index (χ0) is 30.1. The number of carbonyl (C=O) groups excluding carboxylic acids is 4. The molecule has 4 saturated carbocycles. The van der Waals surface area contributed by atoms with E-state index in [0.29, 0.717) is 5.56 Å². The summed E-state index contributed by atoms with van der Waals surface area (Å²) in [6.07, 6.45) is -2.67. The number of fused-ring (bicyclic) bond motifs is 5. The largest absolute Gasteiger partial charge is 0.472 e. The van der Waals surface area contributed by atoms with Crippen LogP contribution in [0.4, 0.5) is 0 Å². The molecule has 0 amide bonds. The Kier molecular flexibility index (Phi) is 5.65. The Morgan fingerprint density at radius 3 is 2.44 bits per heavy atom. The molecule has 5 aliphatic rings. The molecule has 12 atom stereocenters. The third-order valence-electron chi connectivity index (χ3n) is 12.0. The maximum Gasteiger partial charge on any atom is 0.335 e. The first-order valence-corrected chi connectivity index (χ1v) is 13.9. The van der Waals surface area contributed by atoms with E-state index in [1.165, 1.54) is 12.5 Å². The van der Waals surface area contributed by atoms with E-state index in [-0.39, 0.29) is 19.3 Å². The lowest BCUT2D eigenvalue weighted by molar-refractivity contribution is -0.380. The Morgan fingerprint density at radius 1 is 1.17 bits per heavy atom. The van der Waals surface area contributed by atoms with Crippen LogP contribution >= 0.6 is 0 Å². The molecular weight excluding hydrogens is 540 g/mol. The number of aliphatic hydroxyl groups is 4. The van der Waals surface area contributed by atoms with Crippen molar-refractivity contribution in [3.8, 4) is 0 Å². The van der Waals surface area contributed by atoms with Crippen LogP contribution in [0.5, 0.6) is 0 Å². The predicted molar refractivity (Wildman–Crippen MR) is 134 cm³/mol. The van der Waals surface area contributed by atoms with E-state index in [1.54, 1.807) is 26.8 Å². The highest BCUT2D eigenvalue weighted by Crippen LogP contribution is 2.81. The van der Waals surface area contributed by atoms with E-state index in [0.717, 1.165) is 14.0 Å². The van der Waals surface area contributed by atoms with Crippen LogP contribution in [0.3, 0.4) is 0 Å². The summed E-state index contributed by atoms with van der Waals surface area (Å²) in [7, 11) is 1.09. The van der Waals surface area contributed by atoms with Gasteiger partial charge in [-0.1, -0.05) is 20.8 Å². The van der Waals surface area contributed by atoms with Gasteiger partial charge in [-0.2, -0.15) is 0 Å². The fraction of sp³-hybridized carbons (Fsp3) is 0.724. The first kappa shape index (κ1) is 28.3. The zero-order valence-electron chi connectivity index (χ0n) is 23.6. The molecule has 224 valence electrons. The molecule has 0 unspecified atom stereocenters. The third kappa shape index (κ3) is 2.85. The molecule has 2 heterocycles. The van der Waals surface area contributed by atoms with Crippen molar-refractivity contribution in [3.63, 3.8) is 0 Å². The van der Waals surface area contributed by atoms with Crippen LogP contribution in [0.1, 0.15) is 65.0 Å². The highest BCUT2D eigenvalue weighted by atomic mass is 16.6. The van der Waals surface area contributed by atoms with Gasteiger partial charge in [0.05, 0.1) is 38.1 Å². The van der Waals surface area contributed by atoms with Crippen LogP contribution < -0.4 is 0 Å². The van der Waals surface area contributed by atoms with E-state index in [1.807, 2.05) is 0 Å². The van der Waals surface area contributed by atoms with Gasteiger partial charge in [-0.25, -0.2) is 4.79 Å². The van der Waals surface area contributed by atoms with E-state index >= 15 is 0 Å². The number of aliphatic hydroxyl groups excluding tert-OH is 2. The second-order valence-corrected chi connectivity index (χ2v) is 13.4. The van der Waals surface area contributed by atoms with E-state index in [4.69, 9.17) is 18.6 Å². The molecule has 0 radical (unpaired) electrons. The first-order chi connectivity index (χ1) is 19.0. The summed E-state index contributed by atoms with van der Waals surface area (Å²) in [6, 6.07) is 1.58. The second kappa shape index (κ2) is 8.18. The summed E-state index contributed by atoms with van der Waals surface area (Å²) in [5.74, 6) is -7.09. The standard InChI is InChI=1S/C29H36O12/c1-13(30)41-27-12-24(2)19(18(32)23(35)38-5)26(27,4)15-6-8-25(3)22(14-7-9-39-11-14)40-16(31)10-28(25,36)29(15,37)21(34)17(27)20(24)33/h7,9,11,15,17-19,21-22,32,34,36-37H,6,8,10,12H2,1-5H3/t15-,17-,18-,19+,21+,22+,24+,25+,26-,27+,28-,29+/m1/s1. The molecule has 0 aromatic carbocycles. The molecule has 12 heteroatoms. The first-order valence-electron chi connectivity index (χ1n) is 13.9. The van der Waals surface area contributed by atoms with Crippen molar-refractivity contribution in [1.29, 1.82) is 0 Å². The van der Waals surface area contributed by atoms with Crippen molar-refractivity contribution < 1.29 is 58.2 Å². The van der Waals surface area contributed by atoms with E-state index in [9.17, 15) is 39.6 Å². The number of esters is 3. The number of rotatable bonds is 4. The Bertz CT molecular complexity index is 1340. The fourth-order valence-electron chi connectivity index (χ4n) is 10.5. The topological polar surface area (TPSA) is 190 Å². The van der Waals surface area contributed by atoms with Gasteiger partial charge in [-0.15, -0.1) is 0 Å². The van der Waals surface area contributed by atoms with Gasteiger partial charge in [0.2, 0.25) is 0 Å². The molecule has 1 aromatic heterocycles. The van der Waals surface area contributed by atoms with Gasteiger partial charge in [-0.3, -0.25) is 14.4 Å². The number of hydrogen-bond donors (Lipinski definition) is 4. The Balaban J connectivity index is 1.61. The molecule has 6 rings (SSSR count). The van der Waals surface area contributed by atoms with Crippen LogP contribution in [0.2, 0.25) is 0 Å². The fourth-order valence-corrected chi connectivity index (χ4v) is 10.5. The van der Waals surface area contributed by atoms with Gasteiger partial charge in [0, 0.05) is 47.0 Å².